The molecule has 0 spiro atoms. The molecular formula is C17H27ClN2. The zero-order chi connectivity index (χ0) is 14.7. The standard InChI is InChI=1S/C17H27ClN2/c1-5-8-19-14(4)15-6-7-17(16(18)9-15)20-10-12(2)13(3)11-20/h6-7,9,12-14,19H,5,8,10-11H2,1-4H3. The van der Waals surface area contributed by atoms with Crippen molar-refractivity contribution in [1.82, 2.24) is 5.32 Å². The van der Waals surface area contributed by atoms with Gasteiger partial charge in [-0.2, -0.15) is 0 Å². The molecule has 2 rings (SSSR count). The molecule has 1 fully saturated rings. The zero-order valence-corrected chi connectivity index (χ0v) is 13.9. The SMILES string of the molecule is CCCNC(C)c1ccc(N2CC(C)C(C)C2)c(Cl)c1. The molecule has 3 heteroatoms. The summed E-state index contributed by atoms with van der Waals surface area (Å²) >= 11 is 6.51. The number of halogens is 1. The summed E-state index contributed by atoms with van der Waals surface area (Å²) < 4.78 is 0. The van der Waals surface area contributed by atoms with Crippen molar-refractivity contribution in [2.45, 2.75) is 40.2 Å². The molecule has 0 aromatic heterocycles. The molecular weight excluding hydrogens is 268 g/mol. The third-order valence-corrected chi connectivity index (χ3v) is 4.80. The highest BCUT2D eigenvalue weighted by Crippen LogP contribution is 2.34. The van der Waals surface area contributed by atoms with Crippen molar-refractivity contribution in [1.29, 1.82) is 0 Å². The molecule has 0 radical (unpaired) electrons. The molecule has 3 unspecified atom stereocenters. The molecule has 2 nitrogen and oxygen atoms in total. The normalized spacial score (nSPS) is 24.1. The number of rotatable bonds is 5. The van der Waals surface area contributed by atoms with Crippen LogP contribution in [-0.2, 0) is 0 Å². The van der Waals surface area contributed by atoms with E-state index in [0.29, 0.717) is 6.04 Å². The van der Waals surface area contributed by atoms with E-state index in [1.807, 2.05) is 0 Å². The molecule has 1 N–H and O–H groups in total. The number of benzene rings is 1. The maximum atomic E-state index is 6.51. The van der Waals surface area contributed by atoms with Crippen LogP contribution in [0.15, 0.2) is 18.2 Å². The maximum Gasteiger partial charge on any atom is 0.0642 e. The number of hydrogen-bond acceptors (Lipinski definition) is 2. The van der Waals surface area contributed by atoms with E-state index in [4.69, 9.17) is 11.6 Å². The van der Waals surface area contributed by atoms with Gasteiger partial charge in [0.15, 0.2) is 0 Å². The maximum absolute atomic E-state index is 6.51. The van der Waals surface area contributed by atoms with Gasteiger partial charge < -0.3 is 10.2 Å². The predicted octanol–water partition coefficient (Wildman–Crippen LogP) is 4.49. The van der Waals surface area contributed by atoms with Crippen molar-refractivity contribution in [2.75, 3.05) is 24.5 Å². The highest BCUT2D eigenvalue weighted by molar-refractivity contribution is 6.33. The van der Waals surface area contributed by atoms with Crippen molar-refractivity contribution < 1.29 is 0 Å². The second-order valence-electron chi connectivity index (χ2n) is 6.25. The molecule has 1 aliphatic heterocycles. The van der Waals surface area contributed by atoms with Gasteiger partial charge in [0, 0.05) is 19.1 Å². The van der Waals surface area contributed by atoms with E-state index in [0.717, 1.165) is 42.9 Å². The Bertz CT molecular complexity index is 437. The average molecular weight is 295 g/mol. The molecule has 1 saturated heterocycles. The number of nitrogens with one attached hydrogen (secondary N) is 1. The van der Waals surface area contributed by atoms with Gasteiger partial charge >= 0.3 is 0 Å². The van der Waals surface area contributed by atoms with Crippen LogP contribution in [0, 0.1) is 11.8 Å². The average Bonchev–Trinajstić information content (AvgIpc) is 2.75. The van der Waals surface area contributed by atoms with Crippen LogP contribution in [0.2, 0.25) is 5.02 Å². The summed E-state index contributed by atoms with van der Waals surface area (Å²) in [7, 11) is 0. The Morgan fingerprint density at radius 1 is 1.30 bits per heavy atom. The van der Waals surface area contributed by atoms with Gasteiger partial charge in [-0.25, -0.2) is 0 Å². The summed E-state index contributed by atoms with van der Waals surface area (Å²) in [5, 5.41) is 4.39. The summed E-state index contributed by atoms with van der Waals surface area (Å²) in [5.74, 6) is 1.49. The molecule has 0 bridgehead atoms. The summed E-state index contributed by atoms with van der Waals surface area (Å²) in [4.78, 5) is 2.42. The first kappa shape index (κ1) is 15.7. The highest BCUT2D eigenvalue weighted by atomic mass is 35.5. The molecule has 20 heavy (non-hydrogen) atoms. The van der Waals surface area contributed by atoms with E-state index < -0.39 is 0 Å². The van der Waals surface area contributed by atoms with Crippen LogP contribution in [0.5, 0.6) is 0 Å². The molecule has 3 atom stereocenters. The van der Waals surface area contributed by atoms with Crippen LogP contribution in [0.4, 0.5) is 5.69 Å². The number of hydrogen-bond donors (Lipinski definition) is 1. The van der Waals surface area contributed by atoms with Gasteiger partial charge in [-0.15, -0.1) is 0 Å². The van der Waals surface area contributed by atoms with E-state index in [2.05, 4.69) is 56.1 Å². The van der Waals surface area contributed by atoms with Crippen molar-refractivity contribution in [2.24, 2.45) is 11.8 Å². The Kier molecular flexibility index (Phi) is 5.34. The number of anilines is 1. The van der Waals surface area contributed by atoms with Gasteiger partial charge in [-0.3, -0.25) is 0 Å². The second kappa shape index (κ2) is 6.82. The Morgan fingerprint density at radius 2 is 1.95 bits per heavy atom. The van der Waals surface area contributed by atoms with Crippen LogP contribution < -0.4 is 10.2 Å². The first-order chi connectivity index (χ1) is 9.52. The van der Waals surface area contributed by atoms with Crippen molar-refractivity contribution in [3.63, 3.8) is 0 Å². The third-order valence-electron chi connectivity index (χ3n) is 4.50. The monoisotopic (exact) mass is 294 g/mol. The lowest BCUT2D eigenvalue weighted by Gasteiger charge is -2.22. The fourth-order valence-corrected chi connectivity index (χ4v) is 3.16. The van der Waals surface area contributed by atoms with E-state index >= 15 is 0 Å². The molecule has 0 saturated carbocycles. The van der Waals surface area contributed by atoms with E-state index in [1.54, 1.807) is 0 Å². The first-order valence-electron chi connectivity index (χ1n) is 7.80. The van der Waals surface area contributed by atoms with Crippen LogP contribution in [0.3, 0.4) is 0 Å². The summed E-state index contributed by atoms with van der Waals surface area (Å²) in [6.45, 7) is 12.3. The lowest BCUT2D eigenvalue weighted by atomic mass is 10.0. The molecule has 1 aromatic carbocycles. The minimum Gasteiger partial charge on any atom is -0.370 e. The Labute approximate surface area is 128 Å². The topological polar surface area (TPSA) is 15.3 Å². The van der Waals surface area contributed by atoms with Crippen LogP contribution in [-0.4, -0.2) is 19.6 Å². The van der Waals surface area contributed by atoms with Gasteiger partial charge in [-0.1, -0.05) is 38.4 Å². The summed E-state index contributed by atoms with van der Waals surface area (Å²) in [6, 6.07) is 6.88. The quantitative estimate of drug-likeness (QED) is 0.860. The molecule has 1 heterocycles. The van der Waals surface area contributed by atoms with E-state index in [-0.39, 0.29) is 0 Å². The molecule has 0 amide bonds. The minimum absolute atomic E-state index is 0.359. The minimum atomic E-state index is 0.359. The zero-order valence-electron chi connectivity index (χ0n) is 13.1. The lowest BCUT2D eigenvalue weighted by Crippen LogP contribution is -2.21. The number of nitrogens with zero attached hydrogens (tertiary/aromatic N) is 1. The molecule has 0 aliphatic carbocycles. The fraction of sp³-hybridized carbons (Fsp3) is 0.647. The van der Waals surface area contributed by atoms with Crippen molar-refractivity contribution in [3.05, 3.63) is 28.8 Å². The van der Waals surface area contributed by atoms with Crippen LogP contribution in [0.1, 0.15) is 45.7 Å². The largest absolute Gasteiger partial charge is 0.370 e. The Hall–Kier alpha value is -0.730. The van der Waals surface area contributed by atoms with Gasteiger partial charge in [0.2, 0.25) is 0 Å². The van der Waals surface area contributed by atoms with Crippen LogP contribution >= 0.6 is 11.6 Å². The van der Waals surface area contributed by atoms with Gasteiger partial charge in [-0.05, 0) is 49.4 Å². The molecule has 1 aliphatic rings. The van der Waals surface area contributed by atoms with Crippen LogP contribution in [0.25, 0.3) is 0 Å². The van der Waals surface area contributed by atoms with E-state index in [9.17, 15) is 0 Å². The van der Waals surface area contributed by atoms with Crippen molar-refractivity contribution >= 4 is 17.3 Å². The van der Waals surface area contributed by atoms with Gasteiger partial charge in [0.1, 0.15) is 0 Å². The predicted molar refractivity (Wildman–Crippen MR) is 88.7 cm³/mol. The fourth-order valence-electron chi connectivity index (χ4n) is 2.85. The smallest absolute Gasteiger partial charge is 0.0642 e. The second-order valence-corrected chi connectivity index (χ2v) is 6.65. The van der Waals surface area contributed by atoms with Gasteiger partial charge in [0.25, 0.3) is 0 Å². The summed E-state index contributed by atoms with van der Waals surface area (Å²) in [5.41, 5.74) is 2.46. The Morgan fingerprint density at radius 3 is 2.50 bits per heavy atom. The first-order valence-corrected chi connectivity index (χ1v) is 8.18. The third kappa shape index (κ3) is 3.48. The molecule has 112 valence electrons. The molecule has 1 aromatic rings. The lowest BCUT2D eigenvalue weighted by molar-refractivity contribution is 0.494. The Balaban J connectivity index is 2.10. The van der Waals surface area contributed by atoms with Gasteiger partial charge in [0.05, 0.1) is 10.7 Å². The van der Waals surface area contributed by atoms with E-state index in [1.165, 1.54) is 11.3 Å². The highest BCUT2D eigenvalue weighted by Gasteiger charge is 2.27. The summed E-state index contributed by atoms with van der Waals surface area (Å²) in [6.07, 6.45) is 1.15. The van der Waals surface area contributed by atoms with Crippen molar-refractivity contribution in [3.8, 4) is 0 Å².